The van der Waals surface area contributed by atoms with E-state index in [4.69, 9.17) is 10.8 Å². The molecule has 1 atom stereocenters. The van der Waals surface area contributed by atoms with Crippen molar-refractivity contribution in [2.75, 3.05) is 18.5 Å². The summed E-state index contributed by atoms with van der Waals surface area (Å²) in [7, 11) is 1.90. The predicted octanol–water partition coefficient (Wildman–Crippen LogP) is 1.75. The number of hydrogen-bond donors (Lipinski definition) is 2. The fraction of sp³-hybridized carbons (Fsp3) is 0.444. The Morgan fingerprint density at radius 3 is 2.93 bits per heavy atom. The van der Waals surface area contributed by atoms with Gasteiger partial charge in [-0.25, -0.2) is 0 Å². The highest BCUT2D eigenvalue weighted by Crippen LogP contribution is 2.27. The first-order valence-corrected chi connectivity index (χ1v) is 6.09. The summed E-state index contributed by atoms with van der Waals surface area (Å²) in [6.07, 6.45) is -0.00309. The molecule has 0 amide bonds. The van der Waals surface area contributed by atoms with E-state index in [2.05, 4.69) is 15.9 Å². The first-order chi connectivity index (χ1) is 6.99. The first kappa shape index (κ1) is 12.5. The molecule has 15 heavy (non-hydrogen) atoms. The maximum absolute atomic E-state index is 10.4. The topological polar surface area (TPSA) is 66.6 Å². The monoisotopic (exact) mass is 292 g/mol. The van der Waals surface area contributed by atoms with Gasteiger partial charge in [0.15, 0.2) is 0 Å². The van der Waals surface area contributed by atoms with Crippen LogP contribution in [-0.4, -0.2) is 30.7 Å². The molecule has 1 heterocycles. The molecule has 0 aromatic carbocycles. The van der Waals surface area contributed by atoms with Crippen LogP contribution < -0.4 is 10.6 Å². The molecule has 0 fully saturated rings. The average Bonchev–Trinajstić information content (AvgIpc) is 2.49. The Morgan fingerprint density at radius 2 is 2.47 bits per heavy atom. The second-order valence-electron chi connectivity index (χ2n) is 3.34. The lowest BCUT2D eigenvalue weighted by molar-refractivity contribution is -0.137. The molecule has 0 saturated carbocycles. The lowest BCUT2D eigenvalue weighted by Crippen LogP contribution is -2.36. The van der Waals surface area contributed by atoms with Gasteiger partial charge in [-0.15, -0.1) is 11.3 Å². The van der Waals surface area contributed by atoms with Crippen LogP contribution in [0.4, 0.5) is 5.00 Å². The van der Waals surface area contributed by atoms with Gasteiger partial charge in [0.25, 0.3) is 0 Å². The maximum atomic E-state index is 10.4. The summed E-state index contributed by atoms with van der Waals surface area (Å²) in [4.78, 5) is 12.4. The highest BCUT2D eigenvalue weighted by molar-refractivity contribution is 9.10. The van der Waals surface area contributed by atoms with Gasteiger partial charge < -0.3 is 15.7 Å². The van der Waals surface area contributed by atoms with E-state index in [1.165, 1.54) is 0 Å². The standard InChI is InChI=1S/C9H13BrN2O2S/c1-12(4-7(11)3-9(13)14)8-2-6(10)5-15-8/h2,5,7H,3-4,11H2,1H3,(H,13,14). The number of rotatable bonds is 5. The van der Waals surface area contributed by atoms with Crippen molar-refractivity contribution >= 4 is 38.2 Å². The molecular formula is C9H13BrN2O2S. The van der Waals surface area contributed by atoms with Crippen LogP contribution in [-0.2, 0) is 4.79 Å². The Hall–Kier alpha value is -0.590. The minimum Gasteiger partial charge on any atom is -0.481 e. The molecule has 0 aliphatic heterocycles. The lowest BCUT2D eigenvalue weighted by Gasteiger charge is -2.20. The molecule has 1 aromatic heterocycles. The molecule has 1 unspecified atom stereocenters. The van der Waals surface area contributed by atoms with Crippen molar-refractivity contribution < 1.29 is 9.90 Å². The number of halogens is 1. The van der Waals surface area contributed by atoms with Crippen LogP contribution in [0.1, 0.15) is 6.42 Å². The normalized spacial score (nSPS) is 12.5. The molecule has 0 saturated heterocycles. The van der Waals surface area contributed by atoms with Gasteiger partial charge in [0.05, 0.1) is 11.4 Å². The Morgan fingerprint density at radius 1 is 1.80 bits per heavy atom. The van der Waals surface area contributed by atoms with Gasteiger partial charge in [0.2, 0.25) is 0 Å². The first-order valence-electron chi connectivity index (χ1n) is 4.41. The zero-order valence-corrected chi connectivity index (χ0v) is 10.7. The van der Waals surface area contributed by atoms with Crippen molar-refractivity contribution in [2.45, 2.75) is 12.5 Å². The van der Waals surface area contributed by atoms with Gasteiger partial charge in [0.1, 0.15) is 0 Å². The molecule has 4 nitrogen and oxygen atoms in total. The molecule has 0 spiro atoms. The number of thiophene rings is 1. The van der Waals surface area contributed by atoms with Crippen molar-refractivity contribution in [1.29, 1.82) is 0 Å². The van der Waals surface area contributed by atoms with Gasteiger partial charge in [-0.3, -0.25) is 4.79 Å². The number of hydrogen-bond acceptors (Lipinski definition) is 4. The summed E-state index contributed by atoms with van der Waals surface area (Å²) < 4.78 is 1.03. The quantitative estimate of drug-likeness (QED) is 0.868. The van der Waals surface area contributed by atoms with E-state index in [1.54, 1.807) is 11.3 Å². The summed E-state index contributed by atoms with van der Waals surface area (Å²) in [5.74, 6) is -0.858. The van der Waals surface area contributed by atoms with Crippen molar-refractivity contribution in [1.82, 2.24) is 0 Å². The van der Waals surface area contributed by atoms with E-state index in [9.17, 15) is 4.79 Å². The fourth-order valence-corrected chi connectivity index (χ4v) is 2.63. The van der Waals surface area contributed by atoms with Crippen LogP contribution >= 0.6 is 27.3 Å². The fourth-order valence-electron chi connectivity index (χ4n) is 1.23. The van der Waals surface area contributed by atoms with Crippen molar-refractivity contribution in [3.8, 4) is 0 Å². The Labute approximate surface area is 101 Å². The highest BCUT2D eigenvalue weighted by Gasteiger charge is 2.12. The zero-order valence-electron chi connectivity index (χ0n) is 8.31. The van der Waals surface area contributed by atoms with Gasteiger partial charge in [-0.2, -0.15) is 0 Å². The predicted molar refractivity (Wildman–Crippen MR) is 65.5 cm³/mol. The van der Waals surface area contributed by atoms with Crippen LogP contribution in [0.15, 0.2) is 15.9 Å². The molecular weight excluding hydrogens is 280 g/mol. The van der Waals surface area contributed by atoms with Crippen LogP contribution in [0.3, 0.4) is 0 Å². The largest absolute Gasteiger partial charge is 0.481 e. The third-order valence-corrected chi connectivity index (χ3v) is 3.68. The lowest BCUT2D eigenvalue weighted by atomic mass is 10.2. The number of nitrogens with zero attached hydrogens (tertiary/aromatic N) is 1. The summed E-state index contributed by atoms with van der Waals surface area (Å²) in [5, 5.41) is 11.6. The summed E-state index contributed by atoms with van der Waals surface area (Å²) in [6, 6.07) is 1.64. The van der Waals surface area contributed by atoms with Crippen LogP contribution in [0.25, 0.3) is 0 Å². The number of likely N-dealkylation sites (N-methyl/N-ethyl adjacent to an activating group) is 1. The minimum absolute atomic E-state index is 0.00309. The Bertz CT molecular complexity index is 343. The third kappa shape index (κ3) is 4.19. The van der Waals surface area contributed by atoms with Crippen LogP contribution in [0.2, 0.25) is 0 Å². The molecule has 1 aromatic rings. The highest BCUT2D eigenvalue weighted by atomic mass is 79.9. The molecule has 0 aliphatic rings. The Kier molecular flexibility index (Phi) is 4.56. The van der Waals surface area contributed by atoms with Crippen molar-refractivity contribution in [2.24, 2.45) is 5.73 Å². The molecule has 0 aliphatic carbocycles. The minimum atomic E-state index is -0.858. The van der Waals surface area contributed by atoms with E-state index in [1.807, 2.05) is 23.4 Å². The van der Waals surface area contributed by atoms with Crippen LogP contribution in [0.5, 0.6) is 0 Å². The summed E-state index contributed by atoms with van der Waals surface area (Å²) in [5.41, 5.74) is 5.69. The molecule has 1 rings (SSSR count). The van der Waals surface area contributed by atoms with E-state index >= 15 is 0 Å². The van der Waals surface area contributed by atoms with Crippen molar-refractivity contribution in [3.05, 3.63) is 15.9 Å². The molecule has 84 valence electrons. The number of nitrogens with two attached hydrogens (primary N) is 1. The maximum Gasteiger partial charge on any atom is 0.304 e. The zero-order chi connectivity index (χ0) is 11.4. The number of carboxylic acids is 1. The van der Waals surface area contributed by atoms with Crippen LogP contribution in [0, 0.1) is 0 Å². The SMILES string of the molecule is CN(CC(N)CC(=O)O)c1cc(Br)cs1. The second-order valence-corrected chi connectivity index (χ2v) is 5.15. The number of aliphatic carboxylic acids is 1. The van der Waals surface area contributed by atoms with E-state index in [0.717, 1.165) is 9.47 Å². The smallest absolute Gasteiger partial charge is 0.304 e. The average molecular weight is 293 g/mol. The van der Waals surface area contributed by atoms with Gasteiger partial charge in [-0.05, 0) is 22.0 Å². The number of anilines is 1. The molecule has 6 heteroatoms. The van der Waals surface area contributed by atoms with Gasteiger partial charge in [-0.1, -0.05) is 0 Å². The van der Waals surface area contributed by atoms with Gasteiger partial charge >= 0.3 is 5.97 Å². The number of carbonyl (C=O) groups is 1. The molecule has 0 bridgehead atoms. The second kappa shape index (κ2) is 5.48. The Balaban J connectivity index is 2.48. The van der Waals surface area contributed by atoms with Crippen molar-refractivity contribution in [3.63, 3.8) is 0 Å². The molecule has 3 N–H and O–H groups in total. The van der Waals surface area contributed by atoms with E-state index in [-0.39, 0.29) is 12.5 Å². The summed E-state index contributed by atoms with van der Waals surface area (Å²) in [6.45, 7) is 0.541. The summed E-state index contributed by atoms with van der Waals surface area (Å²) >= 11 is 4.96. The number of carboxylic acid groups (broad SMARTS) is 1. The molecule has 0 radical (unpaired) electrons. The van der Waals surface area contributed by atoms with E-state index in [0.29, 0.717) is 6.54 Å². The van der Waals surface area contributed by atoms with Gasteiger partial charge in [0, 0.05) is 29.5 Å². The third-order valence-electron chi connectivity index (χ3n) is 1.88. The van der Waals surface area contributed by atoms with E-state index < -0.39 is 5.97 Å².